The molecule has 0 spiro atoms. The molecular weight excluding hydrogens is 471 g/mol. The molecule has 1 heterocycles. The van der Waals surface area contributed by atoms with Gasteiger partial charge in [0.2, 0.25) is 0 Å². The van der Waals surface area contributed by atoms with E-state index in [1.165, 1.54) is 12.1 Å². The molecule has 2 aromatic rings. The van der Waals surface area contributed by atoms with Gasteiger partial charge in [0.1, 0.15) is 17.5 Å². The van der Waals surface area contributed by atoms with Crippen LogP contribution in [0.1, 0.15) is 49.0 Å². The second kappa shape index (κ2) is 12.0. The van der Waals surface area contributed by atoms with Crippen molar-refractivity contribution in [1.29, 1.82) is 0 Å². The van der Waals surface area contributed by atoms with Crippen molar-refractivity contribution in [1.82, 2.24) is 4.90 Å². The highest BCUT2D eigenvalue weighted by Gasteiger charge is 2.27. The predicted molar refractivity (Wildman–Crippen MR) is 122 cm³/mol. The Morgan fingerprint density at radius 3 is 2.71 bits per heavy atom. The summed E-state index contributed by atoms with van der Waals surface area (Å²) in [5.74, 6) is -3.13. The number of halogens is 4. The van der Waals surface area contributed by atoms with Crippen LogP contribution in [-0.4, -0.2) is 52.9 Å². The lowest BCUT2D eigenvalue weighted by atomic mass is 9.98. The maximum absolute atomic E-state index is 14.3. The van der Waals surface area contributed by atoms with Crippen molar-refractivity contribution >= 4 is 17.6 Å². The number of carboxylic acids is 1. The van der Waals surface area contributed by atoms with Gasteiger partial charge in [0, 0.05) is 25.1 Å². The number of hydrogen-bond donors (Lipinski definition) is 2. The zero-order valence-corrected chi connectivity index (χ0v) is 19.7. The normalized spacial score (nSPS) is 18.2. The summed E-state index contributed by atoms with van der Waals surface area (Å²) >= 11 is 5.76. The number of likely N-dealkylation sites (tertiary alicyclic amines) is 1. The average molecular weight is 500 g/mol. The van der Waals surface area contributed by atoms with E-state index < -0.39 is 35.6 Å². The van der Waals surface area contributed by atoms with Crippen LogP contribution in [-0.2, 0) is 22.4 Å². The fourth-order valence-electron chi connectivity index (χ4n) is 4.46. The molecule has 1 aliphatic heterocycles. The second-order valence-corrected chi connectivity index (χ2v) is 9.13. The van der Waals surface area contributed by atoms with Gasteiger partial charge in [0.05, 0.1) is 23.8 Å². The largest absolute Gasteiger partial charge is 0.481 e. The lowest BCUT2D eigenvalue weighted by Crippen LogP contribution is -2.39. The molecule has 1 saturated heterocycles. The quantitative estimate of drug-likeness (QED) is 0.459. The highest BCUT2D eigenvalue weighted by atomic mass is 35.5. The molecule has 0 unspecified atom stereocenters. The maximum atomic E-state index is 14.3. The molecule has 0 aromatic heterocycles. The Balaban J connectivity index is 1.57. The van der Waals surface area contributed by atoms with Gasteiger partial charge >= 0.3 is 5.97 Å². The van der Waals surface area contributed by atoms with Gasteiger partial charge in [-0.25, -0.2) is 13.2 Å². The fourth-order valence-corrected chi connectivity index (χ4v) is 4.57. The zero-order valence-electron chi connectivity index (χ0n) is 18.9. The molecule has 1 aliphatic rings. The summed E-state index contributed by atoms with van der Waals surface area (Å²) in [5.41, 5.74) is 1.16. The molecule has 2 aromatic carbocycles. The second-order valence-electron chi connectivity index (χ2n) is 8.72. The summed E-state index contributed by atoms with van der Waals surface area (Å²) < 4.78 is 47.6. The van der Waals surface area contributed by atoms with Gasteiger partial charge in [-0.05, 0) is 74.0 Å². The molecule has 3 atom stereocenters. The summed E-state index contributed by atoms with van der Waals surface area (Å²) in [4.78, 5) is 13.0. The summed E-state index contributed by atoms with van der Waals surface area (Å²) in [5, 5.41) is 19.5. The first-order chi connectivity index (χ1) is 16.1. The van der Waals surface area contributed by atoms with Gasteiger partial charge in [-0.1, -0.05) is 17.7 Å². The van der Waals surface area contributed by atoms with Crippen LogP contribution < -0.4 is 0 Å². The Hall–Kier alpha value is -2.13. The van der Waals surface area contributed by atoms with Crippen molar-refractivity contribution in [3.05, 3.63) is 69.5 Å². The highest BCUT2D eigenvalue weighted by Crippen LogP contribution is 2.27. The van der Waals surface area contributed by atoms with Gasteiger partial charge in [-0.15, -0.1) is 0 Å². The number of rotatable bonds is 11. The van der Waals surface area contributed by atoms with E-state index >= 15 is 0 Å². The smallest absolute Gasteiger partial charge is 0.303 e. The molecule has 34 heavy (non-hydrogen) atoms. The van der Waals surface area contributed by atoms with Crippen LogP contribution in [0.3, 0.4) is 0 Å². The van der Waals surface area contributed by atoms with Crippen LogP contribution in [0, 0.1) is 17.5 Å². The first-order valence-corrected chi connectivity index (χ1v) is 11.7. The van der Waals surface area contributed by atoms with E-state index in [4.69, 9.17) is 21.4 Å². The number of carboxylic acid groups (broad SMARTS) is 1. The molecule has 9 heteroatoms. The number of β-amino-alcohol motifs (C(OH)–C–C–N with tert-alkyl or cyclic N) is 1. The van der Waals surface area contributed by atoms with Crippen LogP contribution in [0.25, 0.3) is 0 Å². The van der Waals surface area contributed by atoms with E-state index in [9.17, 15) is 23.1 Å². The van der Waals surface area contributed by atoms with E-state index in [1.807, 2.05) is 0 Å². The number of carbonyl (C=O) groups is 1. The van der Waals surface area contributed by atoms with Gasteiger partial charge in [0.15, 0.2) is 0 Å². The number of hydrogen-bond acceptors (Lipinski definition) is 4. The van der Waals surface area contributed by atoms with Crippen LogP contribution in [0.15, 0.2) is 30.3 Å². The monoisotopic (exact) mass is 499 g/mol. The minimum atomic E-state index is -1.08. The minimum Gasteiger partial charge on any atom is -0.481 e. The third-order valence-electron chi connectivity index (χ3n) is 6.16. The number of nitrogens with zero attached hydrogens (tertiary/aromatic N) is 1. The first kappa shape index (κ1) is 26.5. The van der Waals surface area contributed by atoms with Crippen LogP contribution in [0.4, 0.5) is 13.2 Å². The lowest BCUT2D eigenvalue weighted by molar-refractivity contribution is -0.136. The molecule has 0 aliphatic carbocycles. The van der Waals surface area contributed by atoms with E-state index in [2.05, 4.69) is 4.90 Å². The Labute approximate surface area is 202 Å². The SMILES string of the molecule is C[C@@H](OC[C@H](O)CN1CCC[C@H]1Cc1ccc(Cl)c(F)c1)c1cc(F)cc(F)c1CCC(=O)O. The Bertz CT molecular complexity index is 1010. The first-order valence-electron chi connectivity index (χ1n) is 11.3. The Kier molecular flexibility index (Phi) is 9.36. The average Bonchev–Trinajstić information content (AvgIpc) is 3.19. The number of aliphatic carboxylic acids is 1. The third kappa shape index (κ3) is 7.18. The van der Waals surface area contributed by atoms with E-state index in [0.717, 1.165) is 37.1 Å². The molecule has 0 bridgehead atoms. The van der Waals surface area contributed by atoms with Crippen LogP contribution >= 0.6 is 11.6 Å². The summed E-state index contributed by atoms with van der Waals surface area (Å²) in [7, 11) is 0. The number of benzene rings is 2. The number of ether oxygens (including phenoxy) is 1. The van der Waals surface area contributed by atoms with Crippen molar-refractivity contribution in [2.45, 2.75) is 57.3 Å². The predicted octanol–water partition coefficient (Wildman–Crippen LogP) is 4.92. The van der Waals surface area contributed by atoms with Gasteiger partial charge in [0.25, 0.3) is 0 Å². The number of aliphatic hydroxyl groups excluding tert-OH is 1. The van der Waals surface area contributed by atoms with Crippen molar-refractivity contribution in [2.24, 2.45) is 0 Å². The molecule has 186 valence electrons. The molecule has 2 N–H and O–H groups in total. The van der Waals surface area contributed by atoms with Gasteiger partial charge in [-0.2, -0.15) is 0 Å². The van der Waals surface area contributed by atoms with E-state index in [-0.39, 0.29) is 41.6 Å². The van der Waals surface area contributed by atoms with E-state index in [0.29, 0.717) is 13.0 Å². The fraction of sp³-hybridized carbons (Fsp3) is 0.480. The van der Waals surface area contributed by atoms with Crippen molar-refractivity contribution in [3.8, 4) is 0 Å². The minimum absolute atomic E-state index is 0.0591. The van der Waals surface area contributed by atoms with E-state index in [1.54, 1.807) is 13.0 Å². The van der Waals surface area contributed by atoms with Gasteiger partial charge < -0.3 is 14.9 Å². The number of aliphatic hydroxyl groups is 1. The Morgan fingerprint density at radius 1 is 1.24 bits per heavy atom. The highest BCUT2D eigenvalue weighted by molar-refractivity contribution is 6.30. The molecule has 3 rings (SSSR count). The molecule has 1 fully saturated rings. The summed E-state index contributed by atoms with van der Waals surface area (Å²) in [6.45, 7) is 2.69. The molecule has 5 nitrogen and oxygen atoms in total. The maximum Gasteiger partial charge on any atom is 0.303 e. The standard InChI is InChI=1S/C25H29ClF3NO4/c1-15(21-11-17(27)12-23(28)20(21)5-7-25(32)33)34-14-19(31)13-30-8-2-3-18(30)9-16-4-6-22(26)24(29)10-16/h4,6,10-12,15,18-19,31H,2-3,5,7-9,13-14H2,1H3,(H,32,33)/t15-,18+,19-/m1/s1. The Morgan fingerprint density at radius 2 is 2.00 bits per heavy atom. The van der Waals surface area contributed by atoms with Crippen LogP contribution in [0.2, 0.25) is 5.02 Å². The van der Waals surface area contributed by atoms with Crippen molar-refractivity contribution < 1.29 is 32.9 Å². The zero-order chi connectivity index (χ0) is 24.8. The molecule has 0 saturated carbocycles. The molecular formula is C25H29ClF3NO4. The van der Waals surface area contributed by atoms with Crippen molar-refractivity contribution in [3.63, 3.8) is 0 Å². The summed E-state index contributed by atoms with van der Waals surface area (Å²) in [6, 6.07) is 6.77. The third-order valence-corrected chi connectivity index (χ3v) is 6.47. The van der Waals surface area contributed by atoms with Gasteiger partial charge in [-0.3, -0.25) is 9.69 Å². The lowest BCUT2D eigenvalue weighted by Gasteiger charge is -2.28. The molecule has 0 radical (unpaired) electrons. The van der Waals surface area contributed by atoms with Crippen molar-refractivity contribution in [2.75, 3.05) is 19.7 Å². The summed E-state index contributed by atoms with van der Waals surface area (Å²) in [6.07, 6.45) is 0.547. The topological polar surface area (TPSA) is 70.0 Å². The molecule has 0 amide bonds. The van der Waals surface area contributed by atoms with Crippen LogP contribution in [0.5, 0.6) is 0 Å².